The topological polar surface area (TPSA) is 38.8 Å². The molecule has 2 aromatic carbocycles. The van der Waals surface area contributed by atoms with E-state index in [4.69, 9.17) is 44.3 Å². The Morgan fingerprint density at radius 2 is 1.86 bits per heavy atom. The Balaban J connectivity index is 1.85. The number of ether oxygens (including phenoxy) is 2. The lowest BCUT2D eigenvalue weighted by atomic mass is 10.1. The van der Waals surface area contributed by atoms with Crippen molar-refractivity contribution in [3.05, 3.63) is 62.6 Å². The van der Waals surface area contributed by atoms with Gasteiger partial charge in [-0.15, -0.1) is 0 Å². The molecule has 0 spiro atoms. The summed E-state index contributed by atoms with van der Waals surface area (Å²) in [5, 5.41) is 1.30. The van der Waals surface area contributed by atoms with Gasteiger partial charge in [0.2, 0.25) is 0 Å². The minimum absolute atomic E-state index is 0.0323. The fraction of sp³-hybridized carbons (Fsp3) is 0.381. The van der Waals surface area contributed by atoms with Crippen molar-refractivity contribution in [3.63, 3.8) is 0 Å². The van der Waals surface area contributed by atoms with Crippen LogP contribution < -0.4 is 4.74 Å². The summed E-state index contributed by atoms with van der Waals surface area (Å²) in [4.78, 5) is 15.0. The first kappa shape index (κ1) is 21.3. The molecule has 2 aromatic rings. The molecule has 0 aromatic heterocycles. The quantitative estimate of drug-likeness (QED) is 0.538. The van der Waals surface area contributed by atoms with Crippen LogP contribution in [0.1, 0.15) is 35.7 Å². The SMILES string of the molecule is CCOc1c(Cl)cc(C(=O)N(Cc2ccc(Cl)cc2)C[C@H]2CCCO2)cc1Cl. The lowest BCUT2D eigenvalue weighted by molar-refractivity contribution is 0.0507. The van der Waals surface area contributed by atoms with Crippen LogP contribution in [0.3, 0.4) is 0 Å². The third-order valence-electron chi connectivity index (χ3n) is 4.56. The monoisotopic (exact) mass is 441 g/mol. The number of nitrogens with zero attached hydrogens (tertiary/aromatic N) is 1. The van der Waals surface area contributed by atoms with E-state index >= 15 is 0 Å². The summed E-state index contributed by atoms with van der Waals surface area (Å²) >= 11 is 18.6. The molecule has 28 heavy (non-hydrogen) atoms. The van der Waals surface area contributed by atoms with Gasteiger partial charge >= 0.3 is 0 Å². The summed E-state index contributed by atoms with van der Waals surface area (Å²) in [6, 6.07) is 10.7. The summed E-state index contributed by atoms with van der Waals surface area (Å²) in [5.41, 5.74) is 1.41. The molecule has 3 rings (SSSR count). The minimum atomic E-state index is -0.155. The fourth-order valence-electron chi connectivity index (χ4n) is 3.21. The van der Waals surface area contributed by atoms with Gasteiger partial charge in [-0.3, -0.25) is 4.79 Å². The number of benzene rings is 2. The van der Waals surface area contributed by atoms with Crippen LogP contribution >= 0.6 is 34.8 Å². The van der Waals surface area contributed by atoms with Crippen molar-refractivity contribution in [1.82, 2.24) is 4.90 Å². The van der Waals surface area contributed by atoms with Gasteiger partial charge in [-0.05, 0) is 49.6 Å². The minimum Gasteiger partial charge on any atom is -0.491 e. The van der Waals surface area contributed by atoms with E-state index in [-0.39, 0.29) is 12.0 Å². The largest absolute Gasteiger partial charge is 0.491 e. The Kier molecular flexibility index (Phi) is 7.47. The molecule has 1 heterocycles. The first-order valence-electron chi connectivity index (χ1n) is 9.25. The van der Waals surface area contributed by atoms with Gasteiger partial charge in [0.15, 0.2) is 5.75 Å². The number of carbonyl (C=O) groups is 1. The van der Waals surface area contributed by atoms with Gasteiger partial charge in [0.1, 0.15) is 0 Å². The average Bonchev–Trinajstić information content (AvgIpc) is 3.18. The Hall–Kier alpha value is -1.46. The molecule has 1 saturated heterocycles. The molecule has 0 aliphatic carbocycles. The summed E-state index contributed by atoms with van der Waals surface area (Å²) in [6.45, 7) is 3.96. The average molecular weight is 443 g/mol. The maximum Gasteiger partial charge on any atom is 0.254 e. The molecular formula is C21H22Cl3NO3. The molecule has 1 aliphatic rings. The second-order valence-electron chi connectivity index (χ2n) is 6.65. The van der Waals surface area contributed by atoms with E-state index in [9.17, 15) is 4.79 Å². The molecular weight excluding hydrogens is 421 g/mol. The molecule has 1 aliphatic heterocycles. The zero-order valence-electron chi connectivity index (χ0n) is 15.6. The molecule has 7 heteroatoms. The lowest BCUT2D eigenvalue weighted by Gasteiger charge is -2.26. The van der Waals surface area contributed by atoms with E-state index in [2.05, 4.69) is 0 Å². The third kappa shape index (κ3) is 5.32. The number of halogens is 3. The molecule has 1 amide bonds. The molecule has 0 saturated carbocycles. The van der Waals surface area contributed by atoms with Gasteiger partial charge in [-0.25, -0.2) is 0 Å². The van der Waals surface area contributed by atoms with Crippen molar-refractivity contribution in [2.45, 2.75) is 32.4 Å². The van der Waals surface area contributed by atoms with Crippen molar-refractivity contribution >= 4 is 40.7 Å². The predicted molar refractivity (Wildman–Crippen MR) is 113 cm³/mol. The summed E-state index contributed by atoms with van der Waals surface area (Å²) in [7, 11) is 0. The van der Waals surface area contributed by atoms with Gasteiger partial charge < -0.3 is 14.4 Å². The van der Waals surface area contributed by atoms with Crippen LogP contribution in [0.5, 0.6) is 5.75 Å². The van der Waals surface area contributed by atoms with Crippen LogP contribution in [-0.4, -0.2) is 36.7 Å². The van der Waals surface area contributed by atoms with Crippen LogP contribution in [-0.2, 0) is 11.3 Å². The zero-order valence-corrected chi connectivity index (χ0v) is 17.9. The van der Waals surface area contributed by atoms with Gasteiger partial charge in [-0.1, -0.05) is 46.9 Å². The van der Waals surface area contributed by atoms with Gasteiger partial charge in [0.05, 0.1) is 22.8 Å². The highest BCUT2D eigenvalue weighted by molar-refractivity contribution is 6.37. The molecule has 0 unspecified atom stereocenters. The molecule has 1 atom stereocenters. The number of carbonyl (C=O) groups excluding carboxylic acids is 1. The van der Waals surface area contributed by atoms with E-state index < -0.39 is 0 Å². The van der Waals surface area contributed by atoms with Crippen molar-refractivity contribution in [2.24, 2.45) is 0 Å². The summed E-state index contributed by atoms with van der Waals surface area (Å²) in [5.74, 6) is 0.239. The highest BCUT2D eigenvalue weighted by Crippen LogP contribution is 2.34. The summed E-state index contributed by atoms with van der Waals surface area (Å²) < 4.78 is 11.2. The number of amides is 1. The third-order valence-corrected chi connectivity index (χ3v) is 5.37. The Morgan fingerprint density at radius 3 is 2.43 bits per heavy atom. The van der Waals surface area contributed by atoms with Gasteiger partial charge in [-0.2, -0.15) is 0 Å². The van der Waals surface area contributed by atoms with E-state index in [0.29, 0.717) is 46.1 Å². The Bertz CT molecular complexity index is 797. The smallest absolute Gasteiger partial charge is 0.254 e. The number of hydrogen-bond acceptors (Lipinski definition) is 3. The normalized spacial score (nSPS) is 16.2. The molecule has 150 valence electrons. The predicted octanol–water partition coefficient (Wildman–Crippen LogP) is 5.87. The van der Waals surface area contributed by atoms with Crippen LogP contribution in [0, 0.1) is 0 Å². The summed E-state index contributed by atoms with van der Waals surface area (Å²) in [6.07, 6.45) is 1.98. The van der Waals surface area contributed by atoms with Crippen molar-refractivity contribution in [1.29, 1.82) is 0 Å². The standard InChI is InChI=1S/C21H22Cl3NO3/c1-2-27-20-18(23)10-15(11-19(20)24)21(26)25(13-17-4-3-9-28-17)12-14-5-7-16(22)8-6-14/h5-8,10-11,17H,2-4,9,12-13H2,1H3/t17-/m1/s1. The molecule has 0 bridgehead atoms. The maximum absolute atomic E-state index is 13.3. The van der Waals surface area contributed by atoms with E-state index in [1.165, 1.54) is 0 Å². The van der Waals surface area contributed by atoms with Crippen LogP contribution in [0.2, 0.25) is 15.1 Å². The molecule has 4 nitrogen and oxygen atoms in total. The first-order valence-corrected chi connectivity index (χ1v) is 10.4. The van der Waals surface area contributed by atoms with Crippen molar-refractivity contribution < 1.29 is 14.3 Å². The molecule has 1 fully saturated rings. The highest BCUT2D eigenvalue weighted by Gasteiger charge is 2.25. The molecule has 0 radical (unpaired) electrons. The van der Waals surface area contributed by atoms with Gasteiger partial charge in [0, 0.05) is 30.3 Å². The van der Waals surface area contributed by atoms with Gasteiger partial charge in [0.25, 0.3) is 5.91 Å². The van der Waals surface area contributed by atoms with E-state index in [0.717, 1.165) is 25.0 Å². The number of rotatable bonds is 7. The molecule has 0 N–H and O–H groups in total. The van der Waals surface area contributed by atoms with Crippen LogP contribution in [0.25, 0.3) is 0 Å². The second-order valence-corrected chi connectivity index (χ2v) is 7.90. The van der Waals surface area contributed by atoms with Crippen LogP contribution in [0.4, 0.5) is 0 Å². The van der Waals surface area contributed by atoms with Crippen molar-refractivity contribution in [3.8, 4) is 5.75 Å². The van der Waals surface area contributed by atoms with Crippen LogP contribution in [0.15, 0.2) is 36.4 Å². The lowest BCUT2D eigenvalue weighted by Crippen LogP contribution is -2.37. The second kappa shape index (κ2) is 9.84. The maximum atomic E-state index is 13.3. The highest BCUT2D eigenvalue weighted by atomic mass is 35.5. The Morgan fingerprint density at radius 1 is 1.18 bits per heavy atom. The number of hydrogen-bond donors (Lipinski definition) is 0. The Labute approximate surface area is 180 Å². The first-order chi connectivity index (χ1) is 13.5. The van der Waals surface area contributed by atoms with E-state index in [1.54, 1.807) is 17.0 Å². The van der Waals surface area contributed by atoms with Crippen molar-refractivity contribution in [2.75, 3.05) is 19.8 Å². The zero-order chi connectivity index (χ0) is 20.1. The fourth-order valence-corrected chi connectivity index (χ4v) is 3.93. The van der Waals surface area contributed by atoms with E-state index in [1.807, 2.05) is 31.2 Å².